The van der Waals surface area contributed by atoms with Gasteiger partial charge in [0.2, 0.25) is 0 Å². The van der Waals surface area contributed by atoms with E-state index < -0.39 is 0 Å². The van der Waals surface area contributed by atoms with Crippen molar-refractivity contribution >= 4 is 45.0 Å². The van der Waals surface area contributed by atoms with Gasteiger partial charge in [0.25, 0.3) is 0 Å². The van der Waals surface area contributed by atoms with Gasteiger partial charge in [0, 0.05) is 42.9 Å². The van der Waals surface area contributed by atoms with E-state index in [9.17, 15) is 14.7 Å². The maximum absolute atomic E-state index is 12.6. The second-order valence-corrected chi connectivity index (χ2v) is 12.5. The Bertz CT molecular complexity index is 1250. The molecule has 1 aromatic heterocycles. The second kappa shape index (κ2) is 13.8. The van der Waals surface area contributed by atoms with Gasteiger partial charge >= 0.3 is 0 Å². The van der Waals surface area contributed by atoms with Gasteiger partial charge in [0.15, 0.2) is 17.3 Å². The Labute approximate surface area is 237 Å². The first-order chi connectivity index (χ1) is 18.9. The molecule has 2 aliphatic rings. The number of aromatic nitrogens is 1. The molecule has 4 rings (SSSR count). The summed E-state index contributed by atoms with van der Waals surface area (Å²) in [5, 5.41) is 13.8. The number of nitrogen functional groups attached to an aromatic ring is 1. The molecule has 0 radical (unpaired) electrons. The number of hydrogen-bond donors (Lipinski definition) is 3. The number of methoxy groups -OCH3 is 1. The van der Waals surface area contributed by atoms with E-state index in [0.717, 1.165) is 54.1 Å². The van der Waals surface area contributed by atoms with Crippen LogP contribution in [0.1, 0.15) is 60.1 Å². The molecular formula is C29H36N4O4S2. The number of hydrogen-bond acceptors (Lipinski definition) is 10. The van der Waals surface area contributed by atoms with Crippen LogP contribution in [0.5, 0.6) is 11.5 Å². The molecule has 2 bridgehead atoms. The Morgan fingerprint density at radius 3 is 2.82 bits per heavy atom. The molecule has 2 atom stereocenters. The van der Waals surface area contributed by atoms with Gasteiger partial charge in [0.05, 0.1) is 25.4 Å². The van der Waals surface area contributed by atoms with Gasteiger partial charge in [-0.3, -0.25) is 9.59 Å². The van der Waals surface area contributed by atoms with E-state index in [-0.39, 0.29) is 29.0 Å². The van der Waals surface area contributed by atoms with Gasteiger partial charge in [0.1, 0.15) is 11.6 Å². The first-order valence-corrected chi connectivity index (χ1v) is 15.5. The number of nitrogens with two attached hydrogens (primary N) is 1. The maximum atomic E-state index is 12.6. The number of Topliss-reactive ketones (excluding diaryl/α,β-unsaturated/α-hetero) is 1. The summed E-state index contributed by atoms with van der Waals surface area (Å²) in [4.78, 5) is 31.9. The monoisotopic (exact) mass is 568 g/mol. The van der Waals surface area contributed by atoms with Gasteiger partial charge in [-0.2, -0.15) is 0 Å². The molecule has 0 saturated heterocycles. The fourth-order valence-corrected chi connectivity index (χ4v) is 7.81. The number of rotatable bonds is 4. The Morgan fingerprint density at radius 1 is 1.23 bits per heavy atom. The van der Waals surface area contributed by atoms with Crippen molar-refractivity contribution < 1.29 is 19.4 Å². The number of ketones is 2. The van der Waals surface area contributed by atoms with Crippen LogP contribution in [0.4, 0.5) is 5.82 Å². The minimum absolute atomic E-state index is 0.0144. The molecule has 1 aromatic carbocycles. The third kappa shape index (κ3) is 7.95. The number of aromatic hydroxyl groups is 1. The summed E-state index contributed by atoms with van der Waals surface area (Å²) >= 11 is 0. The van der Waals surface area contributed by atoms with E-state index in [2.05, 4.69) is 28.2 Å². The summed E-state index contributed by atoms with van der Waals surface area (Å²) < 4.78 is 5.31. The molecule has 8 nitrogen and oxygen atoms in total. The predicted molar refractivity (Wildman–Crippen MR) is 159 cm³/mol. The summed E-state index contributed by atoms with van der Waals surface area (Å²) in [5.41, 5.74) is 9.88. The second-order valence-electron chi connectivity index (χ2n) is 9.86. The molecule has 4 N–H and O–H groups in total. The smallest absolute Gasteiger partial charge is 0.163 e. The minimum atomic E-state index is -0.234. The first kappa shape index (κ1) is 28.9. The van der Waals surface area contributed by atoms with Gasteiger partial charge in [-0.25, -0.2) is 4.98 Å². The highest BCUT2D eigenvalue weighted by molar-refractivity contribution is 8.76. The third-order valence-corrected chi connectivity index (χ3v) is 9.90. The topological polar surface area (TPSA) is 118 Å². The fraction of sp³-hybridized carbons (Fsp3) is 0.414. The summed E-state index contributed by atoms with van der Waals surface area (Å²) in [6.07, 6.45) is 11.4. The van der Waals surface area contributed by atoms with E-state index in [1.807, 2.05) is 12.4 Å². The van der Waals surface area contributed by atoms with Crippen LogP contribution in [-0.2, 0) is 16.0 Å². The molecular weight excluding hydrogens is 532 g/mol. The van der Waals surface area contributed by atoms with E-state index >= 15 is 0 Å². The lowest BCUT2D eigenvalue weighted by Gasteiger charge is -2.25. The van der Waals surface area contributed by atoms with Gasteiger partial charge in [-0.05, 0) is 59.7 Å². The van der Waals surface area contributed by atoms with Crippen molar-refractivity contribution in [3.8, 4) is 11.5 Å². The van der Waals surface area contributed by atoms with Crippen molar-refractivity contribution in [2.75, 3.05) is 31.8 Å². The van der Waals surface area contributed by atoms with Crippen LogP contribution in [0.15, 0.2) is 42.9 Å². The molecule has 0 fully saturated rings. The number of pyridine rings is 1. The highest BCUT2D eigenvalue weighted by Crippen LogP contribution is 2.42. The fourth-order valence-electron chi connectivity index (χ4n) is 4.62. The molecule has 0 amide bonds. The van der Waals surface area contributed by atoms with Crippen molar-refractivity contribution in [1.29, 1.82) is 0 Å². The van der Waals surface area contributed by atoms with Gasteiger partial charge in [-0.15, -0.1) is 0 Å². The van der Waals surface area contributed by atoms with Crippen LogP contribution < -0.4 is 15.8 Å². The molecule has 10 heteroatoms. The molecule has 0 spiro atoms. The molecule has 0 saturated carbocycles. The Morgan fingerprint density at radius 2 is 2.08 bits per heavy atom. The number of fused-ring (bicyclic) bond motifs is 3. The molecule has 208 valence electrons. The van der Waals surface area contributed by atoms with Crippen molar-refractivity contribution in [3.63, 3.8) is 0 Å². The van der Waals surface area contributed by atoms with Crippen molar-refractivity contribution in [1.82, 2.24) is 15.2 Å². The van der Waals surface area contributed by atoms with E-state index in [1.165, 1.54) is 13.2 Å². The van der Waals surface area contributed by atoms with Crippen LogP contribution in [-0.4, -0.2) is 52.6 Å². The largest absolute Gasteiger partial charge is 0.504 e. The third-order valence-electron chi connectivity index (χ3n) is 7.00. The molecule has 2 aliphatic heterocycles. The van der Waals surface area contributed by atoms with Crippen LogP contribution in [0, 0.1) is 5.92 Å². The van der Waals surface area contributed by atoms with E-state index in [0.29, 0.717) is 30.3 Å². The minimum Gasteiger partial charge on any atom is -0.504 e. The van der Waals surface area contributed by atoms with Crippen LogP contribution in [0.25, 0.3) is 6.08 Å². The molecule has 39 heavy (non-hydrogen) atoms. The number of nitrogens with one attached hydrogen (secondary N) is 1. The number of ether oxygens (including phenoxy) is 1. The molecule has 0 aliphatic carbocycles. The number of carbonyl (C=O) groups is 2. The molecule has 2 aromatic rings. The van der Waals surface area contributed by atoms with Crippen LogP contribution in [0.3, 0.4) is 0 Å². The lowest BCUT2D eigenvalue weighted by molar-refractivity contribution is -0.124. The number of anilines is 1. The number of carbonyl (C=O) groups excluding carboxylic acids is 2. The summed E-state index contributed by atoms with van der Waals surface area (Å²) in [7, 11) is 5.07. The Kier molecular flexibility index (Phi) is 10.2. The summed E-state index contributed by atoms with van der Waals surface area (Å²) in [6, 6.07) is 5.46. The number of allylic oxidation sites excluding steroid dienone is 1. The van der Waals surface area contributed by atoms with Crippen LogP contribution >= 0.6 is 21.6 Å². The zero-order valence-corrected chi connectivity index (χ0v) is 24.0. The predicted octanol–water partition coefficient (Wildman–Crippen LogP) is 5.09. The zero-order chi connectivity index (χ0) is 27.8. The van der Waals surface area contributed by atoms with Crippen molar-refractivity contribution in [2.24, 2.45) is 5.92 Å². The Balaban J connectivity index is 1.72. The molecule has 2 unspecified atom stereocenters. The lowest BCUT2D eigenvalue weighted by atomic mass is 9.97. The van der Waals surface area contributed by atoms with Crippen LogP contribution in [0.2, 0.25) is 0 Å². The summed E-state index contributed by atoms with van der Waals surface area (Å²) in [6.45, 7) is 3.66. The van der Waals surface area contributed by atoms with Gasteiger partial charge < -0.3 is 25.8 Å². The molecule has 3 heterocycles. The average Bonchev–Trinajstić information content (AvgIpc) is 3.43. The standard InChI is InChI=1S/C29H36N4O4S2/c1-3-19-4-6-23(34)14-24(35)7-5-21-13-27(37-2)26(36)12-22(21)10-20-11-25(29(30)32-15-20)28(39-38-17-19)16-33-9-8-31-18-33/h5,7-9,11-13,15,19,28,31,36H,3-4,6,10,14,16-18H2,1-2H3,(H2,30,32). The number of phenolic OH excluding ortho intramolecular Hbond substituents is 1. The number of phenols is 1. The lowest BCUT2D eigenvalue weighted by Crippen LogP contribution is -2.25. The number of nitrogens with zero attached hydrogens (tertiary/aromatic N) is 2. The maximum Gasteiger partial charge on any atom is 0.163 e. The van der Waals surface area contributed by atoms with E-state index in [4.69, 9.17) is 10.5 Å². The van der Waals surface area contributed by atoms with Crippen molar-refractivity contribution in [3.05, 3.63) is 65.1 Å². The highest BCUT2D eigenvalue weighted by atomic mass is 33.1. The zero-order valence-electron chi connectivity index (χ0n) is 22.4. The van der Waals surface area contributed by atoms with E-state index in [1.54, 1.807) is 46.0 Å². The highest BCUT2D eigenvalue weighted by Gasteiger charge is 2.22. The van der Waals surface area contributed by atoms with Crippen molar-refractivity contribution in [2.45, 2.75) is 44.3 Å². The SMILES string of the molecule is CCC1CCC(=O)CC(=O)C=Cc2cc(OC)c(O)cc2Cc2cnc(N)c(c2)C(CN2C=CNC2)SSC1. The normalized spacial score (nSPS) is 20.7. The number of benzene rings is 1. The quantitative estimate of drug-likeness (QED) is 0.340. The van der Waals surface area contributed by atoms with Gasteiger partial charge in [-0.1, -0.05) is 41.0 Å². The summed E-state index contributed by atoms with van der Waals surface area (Å²) in [5.74, 6) is 1.86. The Hall–Kier alpha value is -3.11. The first-order valence-electron chi connectivity index (χ1n) is 13.1. The average molecular weight is 569 g/mol.